The average Bonchev–Trinajstić information content (AvgIpc) is 2.61. The van der Waals surface area contributed by atoms with E-state index >= 15 is 0 Å². The lowest BCUT2D eigenvalue weighted by Crippen LogP contribution is -2.50. The molecule has 0 radical (unpaired) electrons. The van der Waals surface area contributed by atoms with E-state index in [-0.39, 0.29) is 17.7 Å². The summed E-state index contributed by atoms with van der Waals surface area (Å²) in [4.78, 5) is 41.4. The second kappa shape index (κ2) is 8.62. The molecule has 7 nitrogen and oxygen atoms in total. The Kier molecular flexibility index (Phi) is 6.52. The number of nitrogens with zero attached hydrogens (tertiary/aromatic N) is 3. The van der Waals surface area contributed by atoms with E-state index < -0.39 is 0 Å². The lowest BCUT2D eigenvalue weighted by atomic mass is 10.1. The van der Waals surface area contributed by atoms with Crippen molar-refractivity contribution in [3.05, 3.63) is 35.4 Å². The molecule has 0 aliphatic carbocycles. The minimum Gasteiger partial charge on any atom is -0.351 e. The highest BCUT2D eigenvalue weighted by molar-refractivity contribution is 5.97. The van der Waals surface area contributed by atoms with Gasteiger partial charge < -0.3 is 20.0 Å². The molecule has 3 amide bonds. The Labute approximate surface area is 148 Å². The van der Waals surface area contributed by atoms with Gasteiger partial charge in [0.1, 0.15) is 0 Å². The van der Waals surface area contributed by atoms with Gasteiger partial charge in [-0.2, -0.15) is 0 Å². The molecule has 136 valence electrons. The van der Waals surface area contributed by atoms with Crippen LogP contribution < -0.4 is 5.32 Å². The second-order valence-corrected chi connectivity index (χ2v) is 6.43. The van der Waals surface area contributed by atoms with Crippen molar-refractivity contribution in [2.75, 3.05) is 53.4 Å². The summed E-state index contributed by atoms with van der Waals surface area (Å²) in [6, 6.07) is 6.70. The first-order valence-electron chi connectivity index (χ1n) is 8.46. The molecular formula is C18H26N4O3. The Hall–Kier alpha value is -2.41. The summed E-state index contributed by atoms with van der Waals surface area (Å²) >= 11 is 0. The van der Waals surface area contributed by atoms with E-state index in [0.717, 1.165) is 6.54 Å². The van der Waals surface area contributed by atoms with Gasteiger partial charge in [0, 0.05) is 57.3 Å². The molecule has 0 bridgehead atoms. The summed E-state index contributed by atoms with van der Waals surface area (Å²) in [5.74, 6) is -0.171. The third kappa shape index (κ3) is 5.29. The molecule has 2 rings (SSSR count). The van der Waals surface area contributed by atoms with Crippen LogP contribution in [0.4, 0.5) is 0 Å². The summed E-state index contributed by atoms with van der Waals surface area (Å²) in [7, 11) is 3.89. The fraction of sp³-hybridized carbons (Fsp3) is 0.500. The highest BCUT2D eigenvalue weighted by Crippen LogP contribution is 2.11. The molecule has 1 aromatic rings. The fourth-order valence-corrected chi connectivity index (χ4v) is 2.67. The first-order chi connectivity index (χ1) is 11.9. The van der Waals surface area contributed by atoms with E-state index in [9.17, 15) is 14.4 Å². The Bertz CT molecular complexity index is 620. The first kappa shape index (κ1) is 18.9. The predicted octanol–water partition coefficient (Wildman–Crippen LogP) is 0.282. The van der Waals surface area contributed by atoms with Gasteiger partial charge in [-0.1, -0.05) is 0 Å². The molecule has 1 fully saturated rings. The number of nitrogens with one attached hydrogen (secondary N) is 1. The van der Waals surface area contributed by atoms with Crippen molar-refractivity contribution in [3.63, 3.8) is 0 Å². The van der Waals surface area contributed by atoms with Gasteiger partial charge in [-0.3, -0.25) is 14.4 Å². The Morgan fingerprint density at radius 2 is 1.48 bits per heavy atom. The Morgan fingerprint density at radius 1 is 0.960 bits per heavy atom. The summed E-state index contributed by atoms with van der Waals surface area (Å²) in [5, 5.41) is 2.84. The lowest BCUT2D eigenvalue weighted by Gasteiger charge is -2.34. The Balaban J connectivity index is 1.90. The molecule has 0 atom stereocenters. The zero-order valence-electron chi connectivity index (χ0n) is 15.1. The lowest BCUT2D eigenvalue weighted by molar-refractivity contribution is -0.130. The van der Waals surface area contributed by atoms with Gasteiger partial charge in [0.25, 0.3) is 11.8 Å². The zero-order valence-corrected chi connectivity index (χ0v) is 15.1. The number of amides is 3. The van der Waals surface area contributed by atoms with Crippen LogP contribution in [0.1, 0.15) is 27.6 Å². The van der Waals surface area contributed by atoms with E-state index in [1.807, 2.05) is 19.0 Å². The summed E-state index contributed by atoms with van der Waals surface area (Å²) in [6.07, 6.45) is 0. The first-order valence-corrected chi connectivity index (χ1v) is 8.46. The minimum atomic E-state index is -0.143. The van der Waals surface area contributed by atoms with E-state index in [1.165, 1.54) is 0 Å². The van der Waals surface area contributed by atoms with Crippen LogP contribution in [0.15, 0.2) is 24.3 Å². The molecule has 1 N–H and O–H groups in total. The van der Waals surface area contributed by atoms with Crippen molar-refractivity contribution in [1.82, 2.24) is 20.0 Å². The standard InChI is InChI=1S/C18H26N4O3/c1-14(23)21-10-12-22(13-11-21)18(25)16-6-4-15(5-7-16)17(24)19-8-9-20(2)3/h4-7H,8-13H2,1-3H3,(H,19,24). The molecule has 25 heavy (non-hydrogen) atoms. The third-order valence-electron chi connectivity index (χ3n) is 4.25. The van der Waals surface area contributed by atoms with Crippen LogP contribution >= 0.6 is 0 Å². The monoisotopic (exact) mass is 346 g/mol. The number of benzene rings is 1. The average molecular weight is 346 g/mol. The maximum absolute atomic E-state index is 12.5. The van der Waals surface area contributed by atoms with Crippen LogP contribution in [0.2, 0.25) is 0 Å². The van der Waals surface area contributed by atoms with Gasteiger partial charge in [0.15, 0.2) is 0 Å². The smallest absolute Gasteiger partial charge is 0.253 e. The molecule has 1 heterocycles. The van der Waals surface area contributed by atoms with Crippen LogP contribution in [0.5, 0.6) is 0 Å². The molecule has 0 spiro atoms. The predicted molar refractivity (Wildman–Crippen MR) is 95.5 cm³/mol. The Morgan fingerprint density at radius 3 is 2.00 bits per heavy atom. The van der Waals surface area contributed by atoms with Gasteiger partial charge in [0.2, 0.25) is 5.91 Å². The highest BCUT2D eigenvalue weighted by Gasteiger charge is 2.23. The van der Waals surface area contributed by atoms with Crippen molar-refractivity contribution in [1.29, 1.82) is 0 Å². The summed E-state index contributed by atoms with van der Waals surface area (Å²) in [6.45, 7) is 5.08. The summed E-state index contributed by atoms with van der Waals surface area (Å²) < 4.78 is 0. The van der Waals surface area contributed by atoms with Crippen molar-refractivity contribution in [3.8, 4) is 0 Å². The minimum absolute atomic E-state index is 0.0386. The van der Waals surface area contributed by atoms with Crippen molar-refractivity contribution in [2.45, 2.75) is 6.92 Å². The third-order valence-corrected chi connectivity index (χ3v) is 4.25. The topological polar surface area (TPSA) is 73.0 Å². The molecular weight excluding hydrogens is 320 g/mol. The van der Waals surface area contributed by atoms with E-state index in [0.29, 0.717) is 43.9 Å². The van der Waals surface area contributed by atoms with Crippen molar-refractivity contribution in [2.24, 2.45) is 0 Å². The normalized spacial score (nSPS) is 14.6. The summed E-state index contributed by atoms with van der Waals surface area (Å²) in [5.41, 5.74) is 1.10. The second-order valence-electron chi connectivity index (χ2n) is 6.43. The highest BCUT2D eigenvalue weighted by atomic mass is 16.2. The van der Waals surface area contributed by atoms with Gasteiger partial charge in [-0.25, -0.2) is 0 Å². The van der Waals surface area contributed by atoms with Crippen LogP contribution in [0.25, 0.3) is 0 Å². The van der Waals surface area contributed by atoms with E-state index in [2.05, 4.69) is 5.32 Å². The van der Waals surface area contributed by atoms with Crippen LogP contribution in [0, 0.1) is 0 Å². The maximum Gasteiger partial charge on any atom is 0.253 e. The zero-order chi connectivity index (χ0) is 18.4. The molecule has 7 heteroatoms. The molecule has 1 saturated heterocycles. The number of rotatable bonds is 5. The number of carbonyl (C=O) groups is 3. The molecule has 0 aromatic heterocycles. The van der Waals surface area contributed by atoms with Crippen molar-refractivity contribution < 1.29 is 14.4 Å². The number of hydrogen-bond acceptors (Lipinski definition) is 4. The number of piperazine rings is 1. The van der Waals surface area contributed by atoms with Gasteiger partial charge >= 0.3 is 0 Å². The quantitative estimate of drug-likeness (QED) is 0.831. The largest absolute Gasteiger partial charge is 0.351 e. The van der Waals surface area contributed by atoms with Gasteiger partial charge in [0.05, 0.1) is 0 Å². The van der Waals surface area contributed by atoms with Crippen LogP contribution in [0.3, 0.4) is 0 Å². The molecule has 1 aliphatic rings. The number of carbonyl (C=O) groups excluding carboxylic acids is 3. The molecule has 0 unspecified atom stereocenters. The molecule has 0 saturated carbocycles. The fourth-order valence-electron chi connectivity index (χ4n) is 2.67. The van der Waals surface area contributed by atoms with E-state index in [4.69, 9.17) is 0 Å². The van der Waals surface area contributed by atoms with Crippen LogP contribution in [-0.4, -0.2) is 85.8 Å². The van der Waals surface area contributed by atoms with Crippen LogP contribution in [-0.2, 0) is 4.79 Å². The van der Waals surface area contributed by atoms with Gasteiger partial charge in [-0.15, -0.1) is 0 Å². The van der Waals surface area contributed by atoms with Gasteiger partial charge in [-0.05, 0) is 38.4 Å². The number of hydrogen-bond donors (Lipinski definition) is 1. The van der Waals surface area contributed by atoms with Crippen molar-refractivity contribution >= 4 is 17.7 Å². The number of likely N-dealkylation sites (N-methyl/N-ethyl adjacent to an activating group) is 1. The molecule has 1 aromatic carbocycles. The maximum atomic E-state index is 12.5. The molecule has 1 aliphatic heterocycles. The van der Waals surface area contributed by atoms with E-state index in [1.54, 1.807) is 41.0 Å². The SMILES string of the molecule is CC(=O)N1CCN(C(=O)c2ccc(C(=O)NCCN(C)C)cc2)CC1.